The fourth-order valence-corrected chi connectivity index (χ4v) is 4.50. The maximum absolute atomic E-state index is 12.8. The zero-order valence-corrected chi connectivity index (χ0v) is 13.8. The maximum Gasteiger partial charge on any atom is 0.302 e. The van der Waals surface area contributed by atoms with Crippen LogP contribution in [0.3, 0.4) is 0 Å². The van der Waals surface area contributed by atoms with Crippen molar-refractivity contribution in [2.45, 2.75) is 20.3 Å². The first-order valence-electron chi connectivity index (χ1n) is 6.83. The normalized spacial score (nSPS) is 19.3. The Morgan fingerprint density at radius 2 is 2.05 bits per heavy atom. The number of amides is 1. The summed E-state index contributed by atoms with van der Waals surface area (Å²) in [5.41, 5.74) is 3.09. The van der Waals surface area contributed by atoms with Gasteiger partial charge >= 0.3 is 10.2 Å². The first-order valence-corrected chi connectivity index (χ1v) is 9.20. The summed E-state index contributed by atoms with van der Waals surface area (Å²) in [6.07, 6.45) is 0.0388. The number of hydrogen-bond donors (Lipinski definition) is 0. The van der Waals surface area contributed by atoms with E-state index in [-0.39, 0.29) is 18.9 Å². The predicted octanol–water partition coefficient (Wildman–Crippen LogP) is 2.57. The van der Waals surface area contributed by atoms with Crippen molar-refractivity contribution >= 4 is 42.8 Å². The Hall–Kier alpha value is -1.54. The molecule has 0 radical (unpaired) electrons. The minimum atomic E-state index is -4.57. The average molecular weight is 342 g/mol. The minimum absolute atomic E-state index is 0.0388. The molecule has 1 atom stereocenters. The van der Waals surface area contributed by atoms with E-state index in [0.29, 0.717) is 5.13 Å². The highest BCUT2D eigenvalue weighted by atomic mass is 32.3. The largest absolute Gasteiger partial charge is 0.302 e. The quantitative estimate of drug-likeness (QED) is 0.804. The molecule has 0 saturated carbocycles. The third-order valence-electron chi connectivity index (χ3n) is 3.86. The molecule has 1 aliphatic rings. The standard InChI is InChI=1S/C14H15FN2O3S2/c1-8-3-11-12(4-9(8)2)21-14(16-11)17-6-10(5-13(17)18)7-22(15,19)20/h3-4,10H,5-7H2,1-2H3. The van der Waals surface area contributed by atoms with E-state index in [2.05, 4.69) is 4.98 Å². The zero-order chi connectivity index (χ0) is 16.1. The van der Waals surface area contributed by atoms with E-state index in [1.54, 1.807) is 0 Å². The highest BCUT2D eigenvalue weighted by molar-refractivity contribution is 7.86. The molecule has 0 aliphatic carbocycles. The van der Waals surface area contributed by atoms with Gasteiger partial charge < -0.3 is 0 Å². The summed E-state index contributed by atoms with van der Waals surface area (Å²) in [4.78, 5) is 18.0. The van der Waals surface area contributed by atoms with E-state index in [4.69, 9.17) is 0 Å². The summed E-state index contributed by atoms with van der Waals surface area (Å²) < 4.78 is 35.2. The molecule has 2 heterocycles. The molecule has 0 bridgehead atoms. The highest BCUT2D eigenvalue weighted by Crippen LogP contribution is 2.34. The number of halogens is 1. The molecule has 0 N–H and O–H groups in total. The molecule has 3 rings (SSSR count). The number of carbonyl (C=O) groups is 1. The van der Waals surface area contributed by atoms with Crippen molar-refractivity contribution in [3.63, 3.8) is 0 Å². The molecule has 1 aromatic heterocycles. The molecule has 1 amide bonds. The van der Waals surface area contributed by atoms with Crippen LogP contribution in [0.2, 0.25) is 0 Å². The van der Waals surface area contributed by atoms with Gasteiger partial charge in [0.15, 0.2) is 5.13 Å². The Morgan fingerprint density at radius 1 is 1.36 bits per heavy atom. The summed E-state index contributed by atoms with van der Waals surface area (Å²) in [5, 5.41) is 0.545. The number of rotatable bonds is 3. The van der Waals surface area contributed by atoms with E-state index < -0.39 is 21.9 Å². The van der Waals surface area contributed by atoms with Crippen molar-refractivity contribution < 1.29 is 17.1 Å². The van der Waals surface area contributed by atoms with E-state index in [1.165, 1.54) is 16.2 Å². The Balaban J connectivity index is 1.89. The van der Waals surface area contributed by atoms with Gasteiger partial charge in [-0.1, -0.05) is 11.3 Å². The number of aryl methyl sites for hydroxylation is 2. The van der Waals surface area contributed by atoms with Crippen LogP contribution in [0.15, 0.2) is 12.1 Å². The van der Waals surface area contributed by atoms with Gasteiger partial charge in [0.2, 0.25) is 5.91 Å². The summed E-state index contributed by atoms with van der Waals surface area (Å²) in [6.45, 7) is 4.20. The van der Waals surface area contributed by atoms with Crippen LogP contribution >= 0.6 is 11.3 Å². The highest BCUT2D eigenvalue weighted by Gasteiger charge is 2.35. The summed E-state index contributed by atoms with van der Waals surface area (Å²) in [7, 11) is -4.57. The second-order valence-electron chi connectivity index (χ2n) is 5.68. The van der Waals surface area contributed by atoms with Crippen LogP contribution in [0.5, 0.6) is 0 Å². The molecule has 1 saturated heterocycles. The first kappa shape index (κ1) is 15.4. The van der Waals surface area contributed by atoms with Crippen LogP contribution in [0.4, 0.5) is 9.02 Å². The summed E-state index contributed by atoms with van der Waals surface area (Å²) in [5.74, 6) is -1.34. The molecule has 22 heavy (non-hydrogen) atoms. The van der Waals surface area contributed by atoms with Gasteiger partial charge in [0.25, 0.3) is 0 Å². The number of fused-ring (bicyclic) bond motifs is 1. The predicted molar refractivity (Wildman–Crippen MR) is 84.4 cm³/mol. The number of carbonyl (C=O) groups excluding carboxylic acids is 1. The second kappa shape index (κ2) is 5.27. The molecule has 0 spiro atoms. The lowest BCUT2D eigenvalue weighted by atomic mass is 10.1. The monoisotopic (exact) mass is 342 g/mol. The van der Waals surface area contributed by atoms with Gasteiger partial charge in [0, 0.05) is 18.9 Å². The Bertz CT molecular complexity index is 821. The Kier molecular flexibility index (Phi) is 3.68. The molecule has 2 aromatic rings. The summed E-state index contributed by atoms with van der Waals surface area (Å²) in [6, 6.07) is 3.99. The van der Waals surface area contributed by atoms with Gasteiger partial charge in [-0.2, -0.15) is 8.42 Å². The average Bonchev–Trinajstić information content (AvgIpc) is 2.91. The third-order valence-corrected chi connectivity index (χ3v) is 5.77. The Morgan fingerprint density at radius 3 is 2.73 bits per heavy atom. The van der Waals surface area contributed by atoms with Crippen LogP contribution in [0.1, 0.15) is 17.5 Å². The lowest BCUT2D eigenvalue weighted by Gasteiger charge is -2.11. The molecule has 5 nitrogen and oxygen atoms in total. The topological polar surface area (TPSA) is 67.3 Å². The molecular weight excluding hydrogens is 327 g/mol. The fourth-order valence-electron chi connectivity index (χ4n) is 2.64. The van der Waals surface area contributed by atoms with Crippen molar-refractivity contribution in [3.8, 4) is 0 Å². The van der Waals surface area contributed by atoms with Crippen molar-refractivity contribution in [1.29, 1.82) is 0 Å². The van der Waals surface area contributed by atoms with E-state index >= 15 is 0 Å². The van der Waals surface area contributed by atoms with Crippen LogP contribution in [0, 0.1) is 19.8 Å². The van der Waals surface area contributed by atoms with Crippen molar-refractivity contribution in [2.75, 3.05) is 17.2 Å². The maximum atomic E-state index is 12.8. The van der Waals surface area contributed by atoms with E-state index in [0.717, 1.165) is 21.3 Å². The summed E-state index contributed by atoms with van der Waals surface area (Å²) >= 11 is 1.39. The van der Waals surface area contributed by atoms with Crippen molar-refractivity contribution in [1.82, 2.24) is 4.98 Å². The van der Waals surface area contributed by atoms with Gasteiger partial charge in [-0.25, -0.2) is 4.98 Å². The number of thiazole rings is 1. The van der Waals surface area contributed by atoms with Gasteiger partial charge in [-0.3, -0.25) is 9.69 Å². The van der Waals surface area contributed by atoms with Crippen LogP contribution in [0.25, 0.3) is 10.2 Å². The minimum Gasteiger partial charge on any atom is -0.288 e. The van der Waals surface area contributed by atoms with E-state index in [9.17, 15) is 17.1 Å². The number of nitrogens with zero attached hydrogens (tertiary/aromatic N) is 2. The van der Waals surface area contributed by atoms with Gasteiger partial charge in [0.05, 0.1) is 16.0 Å². The third kappa shape index (κ3) is 2.98. The number of hydrogen-bond acceptors (Lipinski definition) is 5. The van der Waals surface area contributed by atoms with Crippen LogP contribution in [-0.2, 0) is 15.0 Å². The van der Waals surface area contributed by atoms with Crippen molar-refractivity contribution in [2.24, 2.45) is 5.92 Å². The molecule has 1 aliphatic heterocycles. The van der Waals surface area contributed by atoms with Gasteiger partial charge in [-0.05, 0) is 37.1 Å². The van der Waals surface area contributed by atoms with Gasteiger partial charge in [0.1, 0.15) is 0 Å². The van der Waals surface area contributed by atoms with Crippen molar-refractivity contribution in [3.05, 3.63) is 23.3 Å². The van der Waals surface area contributed by atoms with Gasteiger partial charge in [-0.15, -0.1) is 3.89 Å². The molecule has 1 fully saturated rings. The zero-order valence-electron chi connectivity index (χ0n) is 12.2. The number of anilines is 1. The van der Waals surface area contributed by atoms with Crippen LogP contribution < -0.4 is 4.90 Å². The SMILES string of the molecule is Cc1cc2nc(N3CC(CS(=O)(=O)F)CC3=O)sc2cc1C. The molecule has 1 aromatic carbocycles. The molecule has 1 unspecified atom stereocenters. The molecular formula is C14H15FN2O3S2. The van der Waals surface area contributed by atoms with Crippen LogP contribution in [-0.4, -0.2) is 31.6 Å². The fraction of sp³-hybridized carbons (Fsp3) is 0.429. The first-order chi connectivity index (χ1) is 10.2. The number of aromatic nitrogens is 1. The van der Waals surface area contributed by atoms with E-state index in [1.807, 2.05) is 26.0 Å². The lowest BCUT2D eigenvalue weighted by molar-refractivity contribution is -0.117. The molecule has 8 heteroatoms. The lowest BCUT2D eigenvalue weighted by Crippen LogP contribution is -2.25. The number of benzene rings is 1. The molecule has 118 valence electrons. The smallest absolute Gasteiger partial charge is 0.288 e. The Labute approximate surface area is 132 Å². The second-order valence-corrected chi connectivity index (χ2v) is 8.10.